The largest absolute Gasteiger partial charge is 0.375 e. The van der Waals surface area contributed by atoms with Crippen LogP contribution in [-0.4, -0.2) is 51.1 Å². The van der Waals surface area contributed by atoms with E-state index in [2.05, 4.69) is 9.71 Å². The van der Waals surface area contributed by atoms with E-state index in [0.29, 0.717) is 32.2 Å². The van der Waals surface area contributed by atoms with Crippen molar-refractivity contribution in [3.8, 4) is 0 Å². The molecule has 1 aromatic rings. The minimum Gasteiger partial charge on any atom is -0.375 e. The molecule has 0 radical (unpaired) electrons. The van der Waals surface area contributed by atoms with Crippen molar-refractivity contribution in [1.29, 1.82) is 0 Å². The average molecular weight is 496 g/mol. The standard InChI is InChI=1S/C17H28N4O3S.HI/c1-13(2)20-25(22,23)12-16-7-5-4-6-15(16)10-19-17(18)21-8-9-24-14(3)11-21;/h4-7,13-14,20H,8-12H2,1-3H3,(H2,18,19);1H. The van der Waals surface area contributed by atoms with Crippen LogP contribution in [0.5, 0.6) is 0 Å². The molecule has 1 aliphatic heterocycles. The molecule has 0 aromatic heterocycles. The van der Waals surface area contributed by atoms with Gasteiger partial charge >= 0.3 is 0 Å². The predicted octanol–water partition coefficient (Wildman–Crippen LogP) is 1.67. The van der Waals surface area contributed by atoms with Gasteiger partial charge in [-0.1, -0.05) is 24.3 Å². The Kier molecular flexibility index (Phi) is 9.28. The van der Waals surface area contributed by atoms with Crippen LogP contribution in [0.3, 0.4) is 0 Å². The molecule has 0 aliphatic carbocycles. The summed E-state index contributed by atoms with van der Waals surface area (Å²) < 4.78 is 32.5. The molecule has 1 aromatic carbocycles. The number of ether oxygens (including phenoxy) is 1. The number of benzene rings is 1. The Labute approximate surface area is 173 Å². The third-order valence-electron chi connectivity index (χ3n) is 3.86. The molecule has 3 N–H and O–H groups in total. The van der Waals surface area contributed by atoms with Gasteiger partial charge in [0.25, 0.3) is 0 Å². The van der Waals surface area contributed by atoms with E-state index in [1.807, 2.05) is 36.1 Å². The summed E-state index contributed by atoms with van der Waals surface area (Å²) in [5.74, 6) is 0.402. The minimum absolute atomic E-state index is 0. The van der Waals surface area contributed by atoms with Crippen LogP contribution in [-0.2, 0) is 27.1 Å². The van der Waals surface area contributed by atoms with Crippen LogP contribution in [0.4, 0.5) is 0 Å². The normalized spacial score (nSPS) is 18.7. The van der Waals surface area contributed by atoms with Gasteiger partial charge in [-0.3, -0.25) is 0 Å². The molecule has 0 spiro atoms. The van der Waals surface area contributed by atoms with Crippen LogP contribution in [0, 0.1) is 0 Å². The summed E-state index contributed by atoms with van der Waals surface area (Å²) in [6.07, 6.45) is 0.127. The Morgan fingerprint density at radius 3 is 2.65 bits per heavy atom. The molecule has 1 fully saturated rings. The summed E-state index contributed by atoms with van der Waals surface area (Å²) in [7, 11) is -3.38. The van der Waals surface area contributed by atoms with Crippen LogP contribution >= 0.6 is 24.0 Å². The maximum Gasteiger partial charge on any atom is 0.216 e. The first-order valence-electron chi connectivity index (χ1n) is 8.50. The highest BCUT2D eigenvalue weighted by atomic mass is 127. The summed E-state index contributed by atoms with van der Waals surface area (Å²) >= 11 is 0. The second-order valence-corrected chi connectivity index (χ2v) is 8.36. The number of hydrogen-bond acceptors (Lipinski definition) is 4. The fraction of sp³-hybridized carbons (Fsp3) is 0.588. The van der Waals surface area contributed by atoms with Gasteiger partial charge in [0.05, 0.1) is 25.0 Å². The number of rotatable bonds is 6. The number of morpholine rings is 1. The van der Waals surface area contributed by atoms with E-state index < -0.39 is 10.0 Å². The molecular formula is C17H29IN4O3S. The lowest BCUT2D eigenvalue weighted by Crippen LogP contribution is -2.47. The first-order chi connectivity index (χ1) is 11.8. The van der Waals surface area contributed by atoms with Crippen LogP contribution in [0.25, 0.3) is 0 Å². The summed E-state index contributed by atoms with van der Waals surface area (Å²) in [4.78, 5) is 6.45. The maximum atomic E-state index is 12.2. The predicted molar refractivity (Wildman–Crippen MR) is 115 cm³/mol. The fourth-order valence-corrected chi connectivity index (χ4v) is 4.24. The lowest BCUT2D eigenvalue weighted by Gasteiger charge is -2.31. The Hall–Kier alpha value is -0.910. The van der Waals surface area contributed by atoms with Crippen molar-refractivity contribution in [2.24, 2.45) is 10.7 Å². The van der Waals surface area contributed by atoms with Gasteiger partial charge in [0, 0.05) is 19.1 Å². The molecule has 0 bridgehead atoms. The summed E-state index contributed by atoms with van der Waals surface area (Å²) in [6.45, 7) is 8.02. The molecular weight excluding hydrogens is 467 g/mol. The molecule has 1 heterocycles. The lowest BCUT2D eigenvalue weighted by molar-refractivity contribution is 0.00528. The van der Waals surface area contributed by atoms with E-state index >= 15 is 0 Å². The minimum atomic E-state index is -3.38. The van der Waals surface area contributed by atoms with Crippen molar-refractivity contribution >= 4 is 40.0 Å². The Morgan fingerprint density at radius 1 is 1.38 bits per heavy atom. The number of nitrogens with one attached hydrogen (secondary N) is 1. The van der Waals surface area contributed by atoms with Crippen LogP contribution in [0.15, 0.2) is 29.3 Å². The summed E-state index contributed by atoms with van der Waals surface area (Å²) in [6, 6.07) is 7.29. The Morgan fingerprint density at radius 2 is 2.04 bits per heavy atom. The molecule has 1 aliphatic rings. The van der Waals surface area contributed by atoms with Crippen molar-refractivity contribution in [1.82, 2.24) is 9.62 Å². The van der Waals surface area contributed by atoms with Crippen molar-refractivity contribution in [3.05, 3.63) is 35.4 Å². The molecule has 1 atom stereocenters. The second kappa shape index (κ2) is 10.4. The van der Waals surface area contributed by atoms with E-state index in [1.165, 1.54) is 0 Å². The van der Waals surface area contributed by atoms with Gasteiger partial charge in [0.2, 0.25) is 10.0 Å². The summed E-state index contributed by atoms with van der Waals surface area (Å²) in [5.41, 5.74) is 7.69. The Balaban J connectivity index is 0.00000338. The SMILES string of the molecule is CC(C)NS(=O)(=O)Cc1ccccc1CN=C(N)N1CCOC(C)C1.I. The first kappa shape index (κ1) is 23.1. The van der Waals surface area contributed by atoms with Gasteiger partial charge < -0.3 is 15.4 Å². The maximum absolute atomic E-state index is 12.2. The fourth-order valence-electron chi connectivity index (χ4n) is 2.75. The topological polar surface area (TPSA) is 97.0 Å². The zero-order valence-electron chi connectivity index (χ0n) is 15.5. The zero-order chi connectivity index (χ0) is 18.4. The molecule has 2 rings (SSSR count). The average Bonchev–Trinajstić information content (AvgIpc) is 2.52. The second-order valence-electron chi connectivity index (χ2n) is 6.60. The highest BCUT2D eigenvalue weighted by molar-refractivity contribution is 14.0. The quantitative estimate of drug-likeness (QED) is 0.355. The molecule has 9 heteroatoms. The van der Waals surface area contributed by atoms with Gasteiger partial charge in [0.1, 0.15) is 0 Å². The molecule has 0 amide bonds. The number of halogens is 1. The third kappa shape index (κ3) is 7.37. The van der Waals surface area contributed by atoms with Gasteiger partial charge in [-0.15, -0.1) is 24.0 Å². The van der Waals surface area contributed by atoms with E-state index in [4.69, 9.17) is 10.5 Å². The lowest BCUT2D eigenvalue weighted by atomic mass is 10.1. The van der Waals surface area contributed by atoms with Crippen molar-refractivity contribution in [3.63, 3.8) is 0 Å². The monoisotopic (exact) mass is 496 g/mol. The Bertz CT molecular complexity index is 710. The number of sulfonamides is 1. The van der Waals surface area contributed by atoms with Gasteiger partial charge in [-0.2, -0.15) is 0 Å². The molecule has 148 valence electrons. The van der Waals surface area contributed by atoms with Crippen molar-refractivity contribution in [2.45, 2.75) is 45.2 Å². The van der Waals surface area contributed by atoms with Crippen LogP contribution in [0.1, 0.15) is 31.9 Å². The number of hydrogen-bond donors (Lipinski definition) is 2. The first-order valence-corrected chi connectivity index (χ1v) is 10.2. The van der Waals surface area contributed by atoms with Gasteiger partial charge in [0.15, 0.2) is 5.96 Å². The van der Waals surface area contributed by atoms with E-state index in [0.717, 1.165) is 11.1 Å². The third-order valence-corrected chi connectivity index (χ3v) is 5.38. The van der Waals surface area contributed by atoms with E-state index in [-0.39, 0.29) is 41.9 Å². The van der Waals surface area contributed by atoms with Crippen LogP contribution < -0.4 is 10.5 Å². The number of guanidine groups is 1. The molecule has 0 saturated carbocycles. The summed E-state index contributed by atoms with van der Waals surface area (Å²) in [5, 5.41) is 0. The molecule has 7 nitrogen and oxygen atoms in total. The zero-order valence-corrected chi connectivity index (χ0v) is 18.7. The van der Waals surface area contributed by atoms with Gasteiger partial charge in [-0.05, 0) is 31.9 Å². The highest BCUT2D eigenvalue weighted by Gasteiger charge is 2.18. The number of nitrogens with two attached hydrogens (primary N) is 1. The van der Waals surface area contributed by atoms with E-state index in [1.54, 1.807) is 13.8 Å². The smallest absolute Gasteiger partial charge is 0.216 e. The molecule has 1 unspecified atom stereocenters. The van der Waals surface area contributed by atoms with Gasteiger partial charge in [-0.25, -0.2) is 18.1 Å². The number of aliphatic imine (C=N–C) groups is 1. The highest BCUT2D eigenvalue weighted by Crippen LogP contribution is 2.14. The molecule has 26 heavy (non-hydrogen) atoms. The van der Waals surface area contributed by atoms with Crippen molar-refractivity contribution in [2.75, 3.05) is 19.7 Å². The van der Waals surface area contributed by atoms with E-state index in [9.17, 15) is 8.42 Å². The van der Waals surface area contributed by atoms with Crippen LogP contribution in [0.2, 0.25) is 0 Å². The molecule has 1 saturated heterocycles. The van der Waals surface area contributed by atoms with Crippen molar-refractivity contribution < 1.29 is 13.2 Å². The number of nitrogens with zero attached hydrogens (tertiary/aromatic N) is 2.